The molecule has 1 aromatic rings. The number of amides is 1. The monoisotopic (exact) mass is 460 g/mol. The van der Waals surface area contributed by atoms with Gasteiger partial charge in [0.15, 0.2) is 0 Å². The number of aliphatic hydroxyl groups excluding tert-OH is 1. The lowest BCUT2D eigenvalue weighted by Gasteiger charge is -2.46. The molecule has 2 heterocycles. The van der Waals surface area contributed by atoms with Gasteiger partial charge in [0.2, 0.25) is 0 Å². The van der Waals surface area contributed by atoms with E-state index < -0.39 is 11.7 Å². The summed E-state index contributed by atoms with van der Waals surface area (Å²) in [5.74, 6) is 0.638. The van der Waals surface area contributed by atoms with E-state index in [0.29, 0.717) is 24.4 Å². The van der Waals surface area contributed by atoms with Crippen LogP contribution in [0.2, 0.25) is 0 Å². The fraction of sp³-hybridized carbons (Fsp3) is 0.667. The van der Waals surface area contributed by atoms with Crippen molar-refractivity contribution in [3.05, 3.63) is 29.8 Å². The summed E-state index contributed by atoms with van der Waals surface area (Å²) in [6, 6.07) is 8.94. The molecule has 0 spiro atoms. The highest BCUT2D eigenvalue weighted by atomic mass is 16.6. The van der Waals surface area contributed by atoms with Crippen LogP contribution >= 0.6 is 0 Å². The van der Waals surface area contributed by atoms with E-state index in [1.54, 1.807) is 36.2 Å². The average Bonchev–Trinajstić information content (AvgIpc) is 2.74. The van der Waals surface area contributed by atoms with Gasteiger partial charge in [-0.2, -0.15) is 5.26 Å². The van der Waals surface area contributed by atoms with Crippen molar-refractivity contribution < 1.29 is 24.1 Å². The number of rotatable bonds is 8. The fourth-order valence-electron chi connectivity index (χ4n) is 4.08. The van der Waals surface area contributed by atoms with E-state index in [-0.39, 0.29) is 24.9 Å². The van der Waals surface area contributed by atoms with Crippen molar-refractivity contribution in [1.82, 2.24) is 14.7 Å². The van der Waals surface area contributed by atoms with Crippen LogP contribution in [0.25, 0.3) is 0 Å². The molecule has 0 aliphatic carbocycles. The Bertz CT molecular complexity index is 806. The first-order valence-corrected chi connectivity index (χ1v) is 11.5. The average molecular weight is 461 g/mol. The third kappa shape index (κ3) is 8.16. The Morgan fingerprint density at radius 3 is 2.39 bits per heavy atom. The lowest BCUT2D eigenvalue weighted by atomic mass is 10.1. The summed E-state index contributed by atoms with van der Waals surface area (Å²) in [5, 5.41) is 19.3. The van der Waals surface area contributed by atoms with Crippen molar-refractivity contribution >= 4 is 6.09 Å². The molecule has 33 heavy (non-hydrogen) atoms. The highest BCUT2D eigenvalue weighted by Crippen LogP contribution is 2.20. The van der Waals surface area contributed by atoms with Gasteiger partial charge >= 0.3 is 6.09 Å². The Morgan fingerprint density at radius 2 is 1.82 bits per heavy atom. The normalized spacial score (nSPS) is 22.3. The fourth-order valence-corrected chi connectivity index (χ4v) is 4.08. The zero-order valence-electron chi connectivity index (χ0n) is 20.1. The molecule has 0 saturated carbocycles. The predicted octanol–water partition coefficient (Wildman–Crippen LogP) is 1.55. The molecule has 0 aromatic heterocycles. The number of aliphatic hydroxyl groups is 1. The molecule has 2 unspecified atom stereocenters. The second kappa shape index (κ2) is 11.2. The molecule has 2 fully saturated rings. The van der Waals surface area contributed by atoms with Gasteiger partial charge < -0.3 is 24.2 Å². The minimum Gasteiger partial charge on any atom is -0.491 e. The summed E-state index contributed by atoms with van der Waals surface area (Å²) in [6.45, 7) is 10.8. The molecule has 182 valence electrons. The van der Waals surface area contributed by atoms with Crippen molar-refractivity contribution in [2.24, 2.45) is 0 Å². The zero-order valence-corrected chi connectivity index (χ0v) is 20.1. The van der Waals surface area contributed by atoms with Crippen LogP contribution in [0, 0.1) is 11.3 Å². The summed E-state index contributed by atoms with van der Waals surface area (Å²) >= 11 is 0. The predicted molar refractivity (Wildman–Crippen MR) is 123 cm³/mol. The van der Waals surface area contributed by atoms with Crippen molar-refractivity contribution in [3.8, 4) is 11.8 Å². The van der Waals surface area contributed by atoms with Crippen LogP contribution in [-0.2, 0) is 9.47 Å². The number of likely N-dealkylation sites (N-methyl/N-ethyl adjacent to an activating group) is 1. The van der Waals surface area contributed by atoms with Gasteiger partial charge in [0.25, 0.3) is 0 Å². The van der Waals surface area contributed by atoms with Gasteiger partial charge in [-0.1, -0.05) is 0 Å². The molecule has 0 radical (unpaired) electrons. The topological polar surface area (TPSA) is 98.5 Å². The molecule has 2 aliphatic rings. The molecule has 2 saturated heterocycles. The highest BCUT2D eigenvalue weighted by Gasteiger charge is 2.35. The molecule has 2 aliphatic heterocycles. The highest BCUT2D eigenvalue weighted by molar-refractivity contribution is 5.67. The third-order valence-electron chi connectivity index (χ3n) is 5.58. The molecule has 3 atom stereocenters. The van der Waals surface area contributed by atoms with Gasteiger partial charge in [-0.05, 0) is 45.0 Å². The van der Waals surface area contributed by atoms with E-state index in [0.717, 1.165) is 32.7 Å². The SMILES string of the molecule is CN(CCN1CC2CN(C[C@H](O)COc3ccc(C#N)cc3)CC(C1)O2)C(=O)OC(C)(C)C. The third-order valence-corrected chi connectivity index (χ3v) is 5.58. The van der Waals surface area contributed by atoms with Crippen LogP contribution in [0.4, 0.5) is 4.79 Å². The Hall–Kier alpha value is -2.38. The number of carbonyl (C=O) groups excluding carboxylic acids is 1. The Morgan fingerprint density at radius 1 is 1.21 bits per heavy atom. The van der Waals surface area contributed by atoms with Gasteiger partial charge in [-0.25, -0.2) is 4.79 Å². The molecule has 1 N–H and O–H groups in total. The van der Waals surface area contributed by atoms with Gasteiger partial charge in [-0.15, -0.1) is 0 Å². The van der Waals surface area contributed by atoms with Crippen LogP contribution in [0.15, 0.2) is 24.3 Å². The summed E-state index contributed by atoms with van der Waals surface area (Å²) in [6.07, 6.45) is -0.760. The number of hydrogen-bond donors (Lipinski definition) is 1. The maximum atomic E-state index is 12.2. The Labute approximate surface area is 196 Å². The van der Waals surface area contributed by atoms with Crippen LogP contribution < -0.4 is 4.74 Å². The standard InChI is InChI=1S/C24H36N4O5/c1-24(2,3)33-23(30)26(4)9-10-27-13-21-15-28(16-22(14-27)32-21)12-19(29)17-31-20-7-5-18(11-25)6-8-20/h5-8,19,21-22,29H,9-10,12-17H2,1-4H3/t19-,21?,22?/m0/s1. The maximum Gasteiger partial charge on any atom is 0.410 e. The van der Waals surface area contributed by atoms with Gasteiger partial charge in [0.1, 0.15) is 24.1 Å². The number of nitriles is 1. The number of nitrogens with zero attached hydrogens (tertiary/aromatic N) is 4. The van der Waals surface area contributed by atoms with Crippen molar-refractivity contribution in [1.29, 1.82) is 5.26 Å². The van der Waals surface area contributed by atoms with E-state index in [1.165, 1.54) is 0 Å². The van der Waals surface area contributed by atoms with Crippen molar-refractivity contribution in [3.63, 3.8) is 0 Å². The van der Waals surface area contributed by atoms with E-state index in [4.69, 9.17) is 19.5 Å². The van der Waals surface area contributed by atoms with Gasteiger partial charge in [-0.3, -0.25) is 9.80 Å². The van der Waals surface area contributed by atoms with E-state index >= 15 is 0 Å². The molecular formula is C24H36N4O5. The summed E-state index contributed by atoms with van der Waals surface area (Å²) in [7, 11) is 1.76. The number of benzene rings is 1. The van der Waals surface area contributed by atoms with Crippen molar-refractivity contribution in [2.45, 2.75) is 44.7 Å². The zero-order chi connectivity index (χ0) is 24.0. The largest absolute Gasteiger partial charge is 0.491 e. The molecule has 1 amide bonds. The Kier molecular flexibility index (Phi) is 8.54. The second-order valence-corrected chi connectivity index (χ2v) is 9.86. The number of morpholine rings is 2. The Balaban J connectivity index is 1.38. The lowest BCUT2D eigenvalue weighted by molar-refractivity contribution is -0.143. The summed E-state index contributed by atoms with van der Waals surface area (Å²) in [5.41, 5.74) is 0.0795. The summed E-state index contributed by atoms with van der Waals surface area (Å²) < 4.78 is 17.2. The smallest absolute Gasteiger partial charge is 0.410 e. The first kappa shape index (κ1) is 25.2. The molecule has 9 heteroatoms. The van der Waals surface area contributed by atoms with Gasteiger partial charge in [0, 0.05) is 52.9 Å². The van der Waals surface area contributed by atoms with E-state index in [9.17, 15) is 9.90 Å². The van der Waals surface area contributed by atoms with E-state index in [2.05, 4.69) is 15.9 Å². The molecular weight excluding hydrogens is 424 g/mol. The maximum absolute atomic E-state index is 12.2. The minimum atomic E-state index is -0.613. The van der Waals surface area contributed by atoms with Crippen LogP contribution in [0.3, 0.4) is 0 Å². The van der Waals surface area contributed by atoms with Crippen LogP contribution in [0.1, 0.15) is 26.3 Å². The van der Waals surface area contributed by atoms with Crippen LogP contribution in [0.5, 0.6) is 5.75 Å². The molecule has 2 bridgehead atoms. The summed E-state index contributed by atoms with van der Waals surface area (Å²) in [4.78, 5) is 18.3. The quantitative estimate of drug-likeness (QED) is 0.624. The number of ether oxygens (including phenoxy) is 3. The first-order chi connectivity index (χ1) is 15.6. The van der Waals surface area contributed by atoms with Crippen molar-refractivity contribution in [2.75, 3.05) is 59.5 Å². The second-order valence-electron chi connectivity index (χ2n) is 9.86. The van der Waals surface area contributed by atoms with E-state index in [1.807, 2.05) is 20.8 Å². The lowest BCUT2D eigenvalue weighted by Crippen LogP contribution is -2.61. The molecule has 3 rings (SSSR count). The minimum absolute atomic E-state index is 0.0796. The van der Waals surface area contributed by atoms with Crippen LogP contribution in [-0.4, -0.2) is 109 Å². The first-order valence-electron chi connectivity index (χ1n) is 11.5. The number of fused-ring (bicyclic) bond motifs is 2. The number of β-amino-alcohol motifs (C(OH)–C–C–N with tert-alkyl or cyclic N) is 1. The van der Waals surface area contributed by atoms with Gasteiger partial charge in [0.05, 0.1) is 23.8 Å². The molecule has 9 nitrogen and oxygen atoms in total. The number of hydrogen-bond acceptors (Lipinski definition) is 8. The molecule has 1 aromatic carbocycles. The number of carbonyl (C=O) groups is 1.